The molecule has 0 radical (unpaired) electrons. The maximum absolute atomic E-state index is 10.8. The summed E-state index contributed by atoms with van der Waals surface area (Å²) in [5.74, 6) is 5.96. The third-order valence-corrected chi connectivity index (χ3v) is 3.76. The number of nitro groups is 1. The average molecular weight is 280 g/mol. The third-order valence-electron chi connectivity index (χ3n) is 3.76. The molecule has 7 nitrogen and oxygen atoms in total. The highest BCUT2D eigenvalue weighted by Gasteiger charge is 2.23. The smallest absolute Gasteiger partial charge is 0.269 e. The lowest BCUT2D eigenvalue weighted by atomic mass is 10.1. The molecule has 0 saturated carbocycles. The predicted molar refractivity (Wildman–Crippen MR) is 76.0 cm³/mol. The second kappa shape index (κ2) is 6.65. The molecule has 1 unspecified atom stereocenters. The lowest BCUT2D eigenvalue weighted by Crippen LogP contribution is -2.22. The Kier molecular flexibility index (Phi) is 4.89. The highest BCUT2D eigenvalue weighted by Crippen LogP contribution is 2.26. The van der Waals surface area contributed by atoms with Gasteiger partial charge in [0.05, 0.1) is 10.6 Å². The molecule has 1 aliphatic rings. The number of nitrogens with two attached hydrogens (primary N) is 1. The molecule has 7 heteroatoms. The van der Waals surface area contributed by atoms with Crippen LogP contribution in [0.5, 0.6) is 0 Å². The van der Waals surface area contributed by atoms with Crippen LogP contribution >= 0.6 is 0 Å². The summed E-state index contributed by atoms with van der Waals surface area (Å²) in [5.41, 5.74) is 4.19. The van der Waals surface area contributed by atoms with Gasteiger partial charge in [-0.05, 0) is 36.9 Å². The number of nitrogens with zero attached hydrogens (tertiary/aromatic N) is 2. The van der Waals surface area contributed by atoms with E-state index in [9.17, 15) is 10.1 Å². The zero-order valence-electron chi connectivity index (χ0n) is 11.3. The van der Waals surface area contributed by atoms with E-state index >= 15 is 0 Å². The number of nitro benzene ring substituents is 1. The number of aliphatic hydroxyl groups excluding tert-OH is 1. The Morgan fingerprint density at radius 1 is 1.55 bits per heavy atom. The van der Waals surface area contributed by atoms with Crippen LogP contribution in [-0.2, 0) is 6.54 Å². The van der Waals surface area contributed by atoms with Gasteiger partial charge in [-0.25, -0.2) is 0 Å². The first kappa shape index (κ1) is 14.7. The van der Waals surface area contributed by atoms with E-state index in [4.69, 9.17) is 10.9 Å². The minimum Gasteiger partial charge on any atom is -0.396 e. The van der Waals surface area contributed by atoms with Gasteiger partial charge in [0.2, 0.25) is 0 Å². The number of hydrazine groups is 1. The molecule has 4 N–H and O–H groups in total. The average Bonchev–Trinajstić information content (AvgIpc) is 2.86. The van der Waals surface area contributed by atoms with Gasteiger partial charge in [0, 0.05) is 31.8 Å². The Morgan fingerprint density at radius 3 is 3.00 bits per heavy atom. The van der Waals surface area contributed by atoms with Gasteiger partial charge in [0.15, 0.2) is 0 Å². The molecule has 1 saturated heterocycles. The summed E-state index contributed by atoms with van der Waals surface area (Å²) < 4.78 is 0. The first-order chi connectivity index (χ1) is 9.63. The van der Waals surface area contributed by atoms with E-state index in [-0.39, 0.29) is 12.3 Å². The maximum Gasteiger partial charge on any atom is 0.269 e. The largest absolute Gasteiger partial charge is 0.396 e. The summed E-state index contributed by atoms with van der Waals surface area (Å²) in [7, 11) is 0. The Bertz CT molecular complexity index is 481. The van der Waals surface area contributed by atoms with Crippen molar-refractivity contribution in [3.05, 3.63) is 33.9 Å². The highest BCUT2D eigenvalue weighted by molar-refractivity contribution is 5.55. The van der Waals surface area contributed by atoms with Gasteiger partial charge in [0.25, 0.3) is 5.69 Å². The zero-order valence-corrected chi connectivity index (χ0v) is 11.3. The molecular formula is C13H20N4O3. The molecule has 20 heavy (non-hydrogen) atoms. The fourth-order valence-electron chi connectivity index (χ4n) is 2.68. The number of nitrogens with one attached hydrogen (secondary N) is 1. The van der Waals surface area contributed by atoms with Crippen LogP contribution in [0.2, 0.25) is 0 Å². The standard InChI is InChI=1S/C13H20N4O3/c14-15-13-2-1-12(17(19)20)7-11(13)9-16-5-3-10(8-16)4-6-18/h1-2,7,10,15,18H,3-6,8-9,14H2. The summed E-state index contributed by atoms with van der Waals surface area (Å²) >= 11 is 0. The number of likely N-dealkylation sites (tertiary alicyclic amines) is 1. The Labute approximate surface area is 117 Å². The normalized spacial score (nSPS) is 19.2. The predicted octanol–water partition coefficient (Wildman–Crippen LogP) is 1.08. The molecule has 1 fully saturated rings. The van der Waals surface area contributed by atoms with Crippen molar-refractivity contribution in [2.45, 2.75) is 19.4 Å². The molecule has 0 amide bonds. The van der Waals surface area contributed by atoms with Crippen LogP contribution in [0.3, 0.4) is 0 Å². The minimum absolute atomic E-state index is 0.0742. The summed E-state index contributed by atoms with van der Waals surface area (Å²) in [5, 5.41) is 19.8. The Hall–Kier alpha value is -1.70. The van der Waals surface area contributed by atoms with Gasteiger partial charge in [-0.3, -0.25) is 20.9 Å². The van der Waals surface area contributed by atoms with E-state index < -0.39 is 4.92 Å². The van der Waals surface area contributed by atoms with Crippen LogP contribution < -0.4 is 11.3 Å². The van der Waals surface area contributed by atoms with Gasteiger partial charge in [0.1, 0.15) is 0 Å². The van der Waals surface area contributed by atoms with E-state index in [0.29, 0.717) is 18.2 Å². The second-order valence-electron chi connectivity index (χ2n) is 5.14. The van der Waals surface area contributed by atoms with Crippen molar-refractivity contribution >= 4 is 11.4 Å². The van der Waals surface area contributed by atoms with Gasteiger partial charge < -0.3 is 10.5 Å². The second-order valence-corrected chi connectivity index (χ2v) is 5.14. The molecule has 0 bridgehead atoms. The van der Waals surface area contributed by atoms with Gasteiger partial charge in [-0.1, -0.05) is 0 Å². The number of nitrogen functional groups attached to an aromatic ring is 1. The SMILES string of the molecule is NNc1ccc([N+](=O)[O-])cc1CN1CCC(CCO)C1. The molecule has 1 aromatic carbocycles. The lowest BCUT2D eigenvalue weighted by Gasteiger charge is -2.18. The first-order valence-electron chi connectivity index (χ1n) is 6.71. The molecule has 0 spiro atoms. The molecule has 2 rings (SSSR count). The summed E-state index contributed by atoms with van der Waals surface area (Å²) in [4.78, 5) is 12.7. The molecule has 1 aromatic rings. The summed E-state index contributed by atoms with van der Waals surface area (Å²) in [6.07, 6.45) is 1.87. The van der Waals surface area contributed by atoms with Crippen LogP contribution in [0.15, 0.2) is 18.2 Å². The molecule has 1 heterocycles. The van der Waals surface area contributed by atoms with Crippen LogP contribution in [0.1, 0.15) is 18.4 Å². The number of benzene rings is 1. The first-order valence-corrected chi connectivity index (χ1v) is 6.71. The van der Waals surface area contributed by atoms with E-state index in [1.165, 1.54) is 6.07 Å². The molecule has 1 atom stereocenters. The van der Waals surface area contributed by atoms with Crippen molar-refractivity contribution in [2.75, 3.05) is 25.1 Å². The topological polar surface area (TPSA) is 105 Å². The van der Waals surface area contributed by atoms with Crippen LogP contribution in [0.4, 0.5) is 11.4 Å². The number of rotatable bonds is 6. The molecular weight excluding hydrogens is 260 g/mol. The van der Waals surface area contributed by atoms with Gasteiger partial charge >= 0.3 is 0 Å². The zero-order chi connectivity index (χ0) is 14.5. The fraction of sp³-hybridized carbons (Fsp3) is 0.538. The number of anilines is 1. The molecule has 0 aliphatic carbocycles. The van der Waals surface area contributed by atoms with Crippen molar-refractivity contribution < 1.29 is 10.0 Å². The van der Waals surface area contributed by atoms with Crippen molar-refractivity contribution in [1.82, 2.24) is 4.90 Å². The molecule has 1 aliphatic heterocycles. The minimum atomic E-state index is -0.400. The molecule has 0 aromatic heterocycles. The molecule has 110 valence electrons. The number of non-ortho nitro benzene ring substituents is 1. The quantitative estimate of drug-likeness (QED) is 0.409. The van der Waals surface area contributed by atoms with Crippen LogP contribution in [0.25, 0.3) is 0 Å². The van der Waals surface area contributed by atoms with Crippen LogP contribution in [0, 0.1) is 16.0 Å². The van der Waals surface area contributed by atoms with Gasteiger partial charge in [-0.15, -0.1) is 0 Å². The van der Waals surface area contributed by atoms with Crippen molar-refractivity contribution in [3.8, 4) is 0 Å². The summed E-state index contributed by atoms with van der Waals surface area (Å²) in [6, 6.07) is 4.64. The van der Waals surface area contributed by atoms with Gasteiger partial charge in [-0.2, -0.15) is 0 Å². The van der Waals surface area contributed by atoms with Crippen molar-refractivity contribution in [1.29, 1.82) is 0 Å². The van der Waals surface area contributed by atoms with Crippen molar-refractivity contribution in [3.63, 3.8) is 0 Å². The van der Waals surface area contributed by atoms with E-state index in [0.717, 1.165) is 31.5 Å². The van der Waals surface area contributed by atoms with E-state index in [2.05, 4.69) is 10.3 Å². The fourth-order valence-corrected chi connectivity index (χ4v) is 2.68. The number of hydrogen-bond donors (Lipinski definition) is 3. The Morgan fingerprint density at radius 2 is 2.35 bits per heavy atom. The van der Waals surface area contributed by atoms with Crippen molar-refractivity contribution in [2.24, 2.45) is 11.8 Å². The lowest BCUT2D eigenvalue weighted by molar-refractivity contribution is -0.384. The maximum atomic E-state index is 10.8. The summed E-state index contributed by atoms with van der Waals surface area (Å²) in [6.45, 7) is 2.69. The van der Waals surface area contributed by atoms with Crippen LogP contribution in [-0.4, -0.2) is 34.6 Å². The van der Waals surface area contributed by atoms with E-state index in [1.807, 2.05) is 0 Å². The monoisotopic (exact) mass is 280 g/mol. The highest BCUT2D eigenvalue weighted by atomic mass is 16.6. The Balaban J connectivity index is 2.08. The number of hydrogen-bond acceptors (Lipinski definition) is 6. The third kappa shape index (κ3) is 3.44. The van der Waals surface area contributed by atoms with E-state index in [1.54, 1.807) is 12.1 Å². The number of aliphatic hydroxyl groups is 1.